The summed E-state index contributed by atoms with van der Waals surface area (Å²) in [6.45, 7) is 14.1. The van der Waals surface area contributed by atoms with Crippen molar-refractivity contribution in [3.05, 3.63) is 12.2 Å². The van der Waals surface area contributed by atoms with Crippen molar-refractivity contribution in [1.29, 1.82) is 0 Å². The molecule has 26 N–H and O–H groups in total. The maximum atomic E-state index is 5.80. The van der Waals surface area contributed by atoms with Crippen LogP contribution < -0.4 is 91.0 Å². The lowest BCUT2D eigenvalue weighted by atomic mass is 9.92. The highest BCUT2D eigenvalue weighted by Gasteiger charge is 2.30. The van der Waals surface area contributed by atoms with E-state index in [9.17, 15) is 0 Å². The molecule has 0 aromatic carbocycles. The molecule has 0 aliphatic heterocycles. The molecule has 0 aromatic rings. The fourth-order valence-electron chi connectivity index (χ4n) is 3.12. The third kappa shape index (κ3) is 21.5. The average molecular weight is 616 g/mol. The van der Waals surface area contributed by atoms with Gasteiger partial charge in [-0.25, -0.2) is 11.7 Å². The number of hydrazine groups is 15. The first kappa shape index (κ1) is 45.3. The van der Waals surface area contributed by atoms with Crippen LogP contribution in [0.5, 0.6) is 0 Å². The van der Waals surface area contributed by atoms with E-state index in [0.29, 0.717) is 23.6 Å². The molecule has 256 valence electrons. The summed E-state index contributed by atoms with van der Waals surface area (Å²) in [7, 11) is 4.23. The normalized spacial score (nSPS) is 12.8. The second kappa shape index (κ2) is 26.2. The number of hydrogen-bond donors (Lipinski definition) is 16. The Balaban J connectivity index is -0.000000976. The summed E-state index contributed by atoms with van der Waals surface area (Å²) in [5.74, 6) is 21.7. The molecular formula is C19H65N23. The summed E-state index contributed by atoms with van der Waals surface area (Å²) < 4.78 is 0. The molecule has 0 aliphatic carbocycles. The fraction of sp³-hybridized carbons (Fsp3) is 0.895. The van der Waals surface area contributed by atoms with Crippen molar-refractivity contribution in [2.24, 2.45) is 63.2 Å². The summed E-state index contributed by atoms with van der Waals surface area (Å²) in [6, 6.07) is 0. The zero-order valence-electron chi connectivity index (χ0n) is 26.8. The standard InChI is InChI=1S/C10H21N.C7H38N22.C2H6/c1-6-7-8-10(2,3)9-11(4)5;1-2-3-4-24(22-26(6(10)11)27(7(12)13)28(16)17)29(21-19-15)23-25(5(8)9)20-18-14;1-2/h7-8H,6,9H2,1-5H3;5-7,18-23H,2-4,8-17H2,1H3;1-2H3/b8-7+;;. The van der Waals surface area contributed by atoms with Crippen LogP contribution in [0.3, 0.4) is 0 Å². The van der Waals surface area contributed by atoms with Crippen molar-refractivity contribution in [3.8, 4) is 0 Å². The molecular weight excluding hydrogens is 550 g/mol. The molecule has 0 rings (SSSR count). The largest absolute Gasteiger partial charge is 0.309 e. The first-order valence-corrected chi connectivity index (χ1v) is 13.6. The average Bonchev–Trinajstić information content (AvgIpc) is 2.88. The Kier molecular flexibility index (Phi) is 28.3. The third-order valence-electron chi connectivity index (χ3n) is 4.57. The second-order valence-corrected chi connectivity index (χ2v) is 9.42. The number of rotatable bonds is 21. The van der Waals surface area contributed by atoms with Crippen molar-refractivity contribution < 1.29 is 0 Å². The van der Waals surface area contributed by atoms with Crippen LogP contribution in [0.15, 0.2) is 12.2 Å². The van der Waals surface area contributed by atoms with Gasteiger partial charge in [-0.1, -0.05) is 75.7 Å². The van der Waals surface area contributed by atoms with Gasteiger partial charge in [0, 0.05) is 13.1 Å². The van der Waals surface area contributed by atoms with Crippen molar-refractivity contribution in [2.75, 3.05) is 27.2 Å². The van der Waals surface area contributed by atoms with Crippen molar-refractivity contribution >= 4 is 0 Å². The van der Waals surface area contributed by atoms with Gasteiger partial charge >= 0.3 is 0 Å². The molecule has 0 radical (unpaired) electrons. The van der Waals surface area contributed by atoms with Crippen LogP contribution in [0.1, 0.15) is 60.8 Å². The van der Waals surface area contributed by atoms with Gasteiger partial charge in [0.1, 0.15) is 18.9 Å². The molecule has 0 atom stereocenters. The Labute approximate surface area is 251 Å². The summed E-state index contributed by atoms with van der Waals surface area (Å²) in [4.78, 5) is 2.22. The van der Waals surface area contributed by atoms with Gasteiger partial charge < -0.3 is 39.3 Å². The number of nitrogens with two attached hydrogens (primary N) is 10. The van der Waals surface area contributed by atoms with Crippen LogP contribution in [-0.4, -0.2) is 81.9 Å². The Morgan fingerprint density at radius 1 is 0.810 bits per heavy atom. The molecule has 0 unspecified atom stereocenters. The van der Waals surface area contributed by atoms with Crippen LogP contribution in [-0.2, 0) is 0 Å². The number of nitrogens with one attached hydrogen (secondary N) is 6. The minimum atomic E-state index is -1.21. The van der Waals surface area contributed by atoms with Gasteiger partial charge in [-0.2, -0.15) is 22.1 Å². The molecule has 23 nitrogen and oxygen atoms in total. The Bertz CT molecular complexity index is 609. The zero-order valence-corrected chi connectivity index (χ0v) is 26.8. The molecule has 0 aliphatic rings. The van der Waals surface area contributed by atoms with Crippen molar-refractivity contribution in [2.45, 2.75) is 79.7 Å². The summed E-state index contributed by atoms with van der Waals surface area (Å²) >= 11 is 0. The molecule has 23 heteroatoms. The maximum absolute atomic E-state index is 5.80. The van der Waals surface area contributed by atoms with E-state index in [1.807, 2.05) is 20.8 Å². The highest BCUT2D eigenvalue weighted by molar-refractivity contribution is 4.95. The van der Waals surface area contributed by atoms with Crippen molar-refractivity contribution in [1.82, 2.24) is 69.0 Å². The molecule has 0 saturated carbocycles. The van der Waals surface area contributed by atoms with Crippen LogP contribution >= 0.6 is 0 Å². The van der Waals surface area contributed by atoms with E-state index in [0.717, 1.165) is 34.7 Å². The van der Waals surface area contributed by atoms with Gasteiger partial charge in [0.15, 0.2) is 0 Å². The Morgan fingerprint density at radius 2 is 1.36 bits per heavy atom. The maximum Gasteiger partial charge on any atom is 0.141 e. The van der Waals surface area contributed by atoms with E-state index in [2.05, 4.69) is 85.1 Å². The van der Waals surface area contributed by atoms with E-state index in [4.69, 9.17) is 57.8 Å². The van der Waals surface area contributed by atoms with Crippen LogP contribution in [0.25, 0.3) is 0 Å². The lowest BCUT2D eigenvalue weighted by Gasteiger charge is -2.45. The van der Waals surface area contributed by atoms with E-state index in [-0.39, 0.29) is 0 Å². The van der Waals surface area contributed by atoms with Gasteiger partial charge in [0.25, 0.3) is 0 Å². The zero-order chi connectivity index (χ0) is 33.5. The SMILES string of the molecule is CC.CC/C=C/C(C)(C)CN(C)C.CCCCN(NN(C(N)N)N(C(N)N)N(N)N)N(NNN)NN(NNN)C(N)N. The smallest absolute Gasteiger partial charge is 0.141 e. The van der Waals surface area contributed by atoms with Crippen LogP contribution in [0.4, 0.5) is 0 Å². The van der Waals surface area contributed by atoms with Crippen LogP contribution in [0.2, 0.25) is 0 Å². The predicted octanol–water partition coefficient (Wildman–Crippen LogP) is -6.13. The van der Waals surface area contributed by atoms with Gasteiger partial charge in [-0.05, 0) is 32.4 Å². The molecule has 0 amide bonds. The monoisotopic (exact) mass is 616 g/mol. The minimum Gasteiger partial charge on any atom is -0.309 e. The molecule has 0 aromatic heterocycles. The Hall–Kier alpha value is -1.18. The van der Waals surface area contributed by atoms with Gasteiger partial charge in [-0.3, -0.25) is 11.7 Å². The highest BCUT2D eigenvalue weighted by Crippen LogP contribution is 2.17. The first-order chi connectivity index (χ1) is 19.6. The van der Waals surface area contributed by atoms with E-state index < -0.39 is 18.9 Å². The molecule has 42 heavy (non-hydrogen) atoms. The summed E-state index contributed by atoms with van der Waals surface area (Å²) in [6.07, 6.45) is 3.71. The molecule has 0 fully saturated rings. The van der Waals surface area contributed by atoms with Gasteiger partial charge in [0.2, 0.25) is 0 Å². The first-order valence-electron chi connectivity index (χ1n) is 13.6. The molecule has 0 spiro atoms. The number of allylic oxidation sites excluding steroid dienone is 1. The number of unbranched alkanes of at least 4 members (excludes halogenated alkanes) is 1. The Morgan fingerprint density at radius 3 is 1.71 bits per heavy atom. The predicted molar refractivity (Wildman–Crippen MR) is 166 cm³/mol. The lowest BCUT2D eigenvalue weighted by molar-refractivity contribution is -0.326. The lowest BCUT2D eigenvalue weighted by Crippen LogP contribution is -2.81. The van der Waals surface area contributed by atoms with E-state index in [1.165, 1.54) is 10.3 Å². The van der Waals surface area contributed by atoms with E-state index >= 15 is 0 Å². The second-order valence-electron chi connectivity index (χ2n) is 9.42. The van der Waals surface area contributed by atoms with Crippen LogP contribution in [0, 0.1) is 5.41 Å². The van der Waals surface area contributed by atoms with Crippen molar-refractivity contribution in [3.63, 3.8) is 0 Å². The third-order valence-corrected chi connectivity index (χ3v) is 4.57. The molecule has 0 heterocycles. The molecule has 0 saturated heterocycles. The quantitative estimate of drug-likeness (QED) is 0.0247. The van der Waals surface area contributed by atoms with Gasteiger partial charge in [0.05, 0.1) is 0 Å². The minimum absolute atomic E-state index is 0.319. The fourth-order valence-corrected chi connectivity index (χ4v) is 3.12. The highest BCUT2D eigenvalue weighted by atomic mass is 16.2. The summed E-state index contributed by atoms with van der Waals surface area (Å²) in [5.41, 5.74) is 49.5. The number of hydrogen-bond acceptors (Lipinski definition) is 23. The molecule has 0 bridgehead atoms. The number of nitrogens with zero attached hydrogens (tertiary/aromatic N) is 7. The van der Waals surface area contributed by atoms with E-state index in [1.54, 1.807) is 0 Å². The topological polar surface area (TPSA) is 355 Å². The van der Waals surface area contributed by atoms with Gasteiger partial charge in [-0.15, -0.1) is 26.4 Å². The summed E-state index contributed by atoms with van der Waals surface area (Å²) in [5, 5.41) is 6.22.